The van der Waals surface area contributed by atoms with Crippen molar-refractivity contribution in [3.63, 3.8) is 0 Å². The molecule has 0 fully saturated rings. The molecule has 0 bridgehead atoms. The fourth-order valence-corrected chi connectivity index (χ4v) is 11.0. The average Bonchev–Trinajstić information content (AvgIpc) is 3.82. The molecule has 1 heterocycles. The maximum atomic E-state index is 2.58. The van der Waals surface area contributed by atoms with Crippen LogP contribution in [0.2, 0.25) is 0 Å². The smallest absolute Gasteiger partial charge is 0.0546 e. The normalized spacial score (nSPS) is 14.7. The molecule has 11 rings (SSSR count). The monoisotopic (exact) mass is 830 g/mol. The maximum absolute atomic E-state index is 2.58. The molecule has 2 nitrogen and oxygen atoms in total. The minimum atomic E-state index is -0.196. The van der Waals surface area contributed by atoms with Gasteiger partial charge < -0.3 is 9.47 Å². The van der Waals surface area contributed by atoms with Crippen molar-refractivity contribution >= 4 is 38.9 Å². The standard InChI is InChI=1S/C62H58N2/c1-59(2,3)41-28-30-49-52(34-41)62(9,10)54-35-42(60(4,5)6)36-57(58(49)54)63(45-29-31-47-46-23-14-16-25-51(46)61(7,8)53(47)38-45)43-21-18-22-44(37-43)64-55-26-17-15-24-48(55)50-33-40(27-32-56(50)64)39-19-12-11-13-20-39/h11-38H,1-10H3. The summed E-state index contributed by atoms with van der Waals surface area (Å²) in [6, 6.07) is 64.4. The van der Waals surface area contributed by atoms with Crippen LogP contribution in [0.25, 0.3) is 60.9 Å². The Hall–Kier alpha value is -6.64. The molecule has 0 radical (unpaired) electrons. The van der Waals surface area contributed by atoms with Crippen LogP contribution < -0.4 is 4.90 Å². The predicted molar refractivity (Wildman–Crippen MR) is 273 cm³/mol. The van der Waals surface area contributed by atoms with Crippen molar-refractivity contribution in [1.29, 1.82) is 0 Å². The first-order valence-electron chi connectivity index (χ1n) is 23.1. The van der Waals surface area contributed by atoms with Crippen LogP contribution in [0, 0.1) is 0 Å². The molecule has 0 amide bonds. The average molecular weight is 831 g/mol. The number of anilines is 3. The summed E-state index contributed by atoms with van der Waals surface area (Å²) in [7, 11) is 0. The molecule has 9 aromatic rings. The zero-order chi connectivity index (χ0) is 44.5. The molecule has 2 heteroatoms. The van der Waals surface area contributed by atoms with E-state index in [-0.39, 0.29) is 21.7 Å². The van der Waals surface area contributed by atoms with Crippen LogP contribution >= 0.6 is 0 Å². The molecule has 2 aliphatic rings. The lowest BCUT2D eigenvalue weighted by atomic mass is 9.77. The second-order valence-corrected chi connectivity index (χ2v) is 21.5. The molecule has 0 N–H and O–H groups in total. The minimum Gasteiger partial charge on any atom is -0.310 e. The fraction of sp³-hybridized carbons (Fsp3) is 0.226. The van der Waals surface area contributed by atoms with E-state index in [4.69, 9.17) is 0 Å². The molecule has 0 spiro atoms. The summed E-state index contributed by atoms with van der Waals surface area (Å²) in [6.45, 7) is 23.7. The number of benzene rings is 8. The summed E-state index contributed by atoms with van der Waals surface area (Å²) in [4.78, 5) is 2.58. The van der Waals surface area contributed by atoms with Crippen LogP contribution in [0.3, 0.4) is 0 Å². The van der Waals surface area contributed by atoms with Crippen LogP contribution in [0.5, 0.6) is 0 Å². The Morgan fingerprint density at radius 3 is 1.81 bits per heavy atom. The van der Waals surface area contributed by atoms with E-state index in [9.17, 15) is 0 Å². The quantitative estimate of drug-likeness (QED) is 0.168. The summed E-state index contributed by atoms with van der Waals surface area (Å²) in [5, 5.41) is 2.51. The Labute approximate surface area is 379 Å². The van der Waals surface area contributed by atoms with Gasteiger partial charge in [0.05, 0.1) is 16.7 Å². The Bertz CT molecular complexity index is 3340. The predicted octanol–water partition coefficient (Wildman–Crippen LogP) is 17.1. The van der Waals surface area contributed by atoms with Crippen LogP contribution in [0.15, 0.2) is 170 Å². The van der Waals surface area contributed by atoms with Crippen LogP contribution in [-0.4, -0.2) is 4.57 Å². The molecule has 0 saturated heterocycles. The first-order chi connectivity index (χ1) is 30.5. The van der Waals surface area contributed by atoms with Crippen molar-refractivity contribution < 1.29 is 0 Å². The third-order valence-electron chi connectivity index (χ3n) is 14.7. The highest BCUT2D eigenvalue weighted by Crippen LogP contribution is 2.57. The topological polar surface area (TPSA) is 8.17 Å². The first kappa shape index (κ1) is 40.2. The summed E-state index contributed by atoms with van der Waals surface area (Å²) in [6.07, 6.45) is 0. The zero-order valence-corrected chi connectivity index (χ0v) is 39.1. The van der Waals surface area contributed by atoms with Crippen molar-refractivity contribution in [2.45, 2.75) is 90.9 Å². The number of nitrogens with zero attached hydrogens (tertiary/aromatic N) is 2. The molecule has 316 valence electrons. The fourth-order valence-electron chi connectivity index (χ4n) is 11.0. The molecule has 0 unspecified atom stereocenters. The van der Waals surface area contributed by atoms with Crippen LogP contribution in [0.4, 0.5) is 17.1 Å². The van der Waals surface area contributed by atoms with E-state index in [1.54, 1.807) is 0 Å². The Balaban J connectivity index is 1.19. The van der Waals surface area contributed by atoms with E-state index in [0.717, 1.165) is 17.1 Å². The van der Waals surface area contributed by atoms with Crippen LogP contribution in [-0.2, 0) is 21.7 Å². The van der Waals surface area contributed by atoms with E-state index in [2.05, 4.69) is 249 Å². The molecule has 2 aliphatic carbocycles. The van der Waals surface area contributed by atoms with Gasteiger partial charge in [-0.3, -0.25) is 0 Å². The molecule has 0 atom stereocenters. The molecule has 8 aromatic carbocycles. The van der Waals surface area contributed by atoms with E-state index in [0.29, 0.717) is 0 Å². The van der Waals surface area contributed by atoms with E-state index in [1.165, 1.54) is 94.3 Å². The Morgan fingerprint density at radius 2 is 1.03 bits per heavy atom. The van der Waals surface area contributed by atoms with Gasteiger partial charge in [0.25, 0.3) is 0 Å². The SMILES string of the molecule is CC(C)(C)c1ccc2c(c1)C(C)(C)c1cc(C(C)(C)C)cc(N(c3cccc(-n4c5ccccc5c5cc(-c6ccccc6)ccc54)c3)c3ccc4c(c3)C(C)(C)c3ccccc3-4)c1-2. The first-order valence-corrected chi connectivity index (χ1v) is 23.1. The minimum absolute atomic E-state index is 0.0382. The van der Waals surface area contributed by atoms with Crippen molar-refractivity contribution in [3.8, 4) is 39.1 Å². The maximum Gasteiger partial charge on any atom is 0.0546 e. The number of hydrogen-bond acceptors (Lipinski definition) is 1. The van der Waals surface area contributed by atoms with Gasteiger partial charge >= 0.3 is 0 Å². The lowest BCUT2D eigenvalue weighted by Gasteiger charge is -2.33. The van der Waals surface area contributed by atoms with E-state index < -0.39 is 0 Å². The molecular formula is C62H58N2. The van der Waals surface area contributed by atoms with Gasteiger partial charge in [-0.05, 0) is 127 Å². The van der Waals surface area contributed by atoms with Gasteiger partial charge in [0.1, 0.15) is 0 Å². The Morgan fingerprint density at radius 1 is 0.406 bits per heavy atom. The zero-order valence-electron chi connectivity index (χ0n) is 39.1. The second kappa shape index (κ2) is 13.9. The van der Waals surface area contributed by atoms with Crippen molar-refractivity contribution in [3.05, 3.63) is 203 Å². The highest BCUT2D eigenvalue weighted by Gasteiger charge is 2.41. The summed E-state index contributed by atoms with van der Waals surface area (Å²) in [5.41, 5.74) is 22.7. The second-order valence-electron chi connectivity index (χ2n) is 21.5. The summed E-state index contributed by atoms with van der Waals surface area (Å²) in [5.74, 6) is 0. The highest BCUT2D eigenvalue weighted by molar-refractivity contribution is 6.10. The largest absolute Gasteiger partial charge is 0.310 e. The number of fused-ring (bicyclic) bond motifs is 9. The van der Waals surface area contributed by atoms with Gasteiger partial charge in [0.15, 0.2) is 0 Å². The number of aromatic nitrogens is 1. The molecule has 1 aromatic heterocycles. The molecular weight excluding hydrogens is 773 g/mol. The lowest BCUT2D eigenvalue weighted by Crippen LogP contribution is -2.21. The van der Waals surface area contributed by atoms with Crippen molar-refractivity contribution in [1.82, 2.24) is 4.57 Å². The number of hydrogen-bond donors (Lipinski definition) is 0. The van der Waals surface area contributed by atoms with Gasteiger partial charge in [-0.1, -0.05) is 184 Å². The number of para-hydroxylation sites is 1. The highest BCUT2D eigenvalue weighted by atomic mass is 15.1. The molecule has 64 heavy (non-hydrogen) atoms. The third kappa shape index (κ3) is 6.06. The summed E-state index contributed by atoms with van der Waals surface area (Å²) >= 11 is 0. The third-order valence-corrected chi connectivity index (χ3v) is 14.7. The number of rotatable bonds is 5. The van der Waals surface area contributed by atoms with E-state index in [1.807, 2.05) is 0 Å². The van der Waals surface area contributed by atoms with E-state index >= 15 is 0 Å². The summed E-state index contributed by atoms with van der Waals surface area (Å²) < 4.78 is 2.46. The molecule has 0 saturated carbocycles. The lowest BCUT2D eigenvalue weighted by molar-refractivity contribution is 0.580. The molecule has 0 aliphatic heterocycles. The van der Waals surface area contributed by atoms with Gasteiger partial charge in [0, 0.05) is 44.2 Å². The van der Waals surface area contributed by atoms with Crippen molar-refractivity contribution in [2.24, 2.45) is 0 Å². The van der Waals surface area contributed by atoms with Gasteiger partial charge in [0.2, 0.25) is 0 Å². The van der Waals surface area contributed by atoms with Gasteiger partial charge in [-0.15, -0.1) is 0 Å². The van der Waals surface area contributed by atoms with Gasteiger partial charge in [-0.25, -0.2) is 0 Å². The van der Waals surface area contributed by atoms with Crippen LogP contribution in [0.1, 0.15) is 103 Å². The van der Waals surface area contributed by atoms with Crippen molar-refractivity contribution in [2.75, 3.05) is 4.90 Å². The Kier molecular flexibility index (Phi) is 8.74. The van der Waals surface area contributed by atoms with Gasteiger partial charge in [-0.2, -0.15) is 0 Å².